The molecule has 0 aliphatic rings. The molecular formula is C19H30N2. The topological polar surface area (TPSA) is 24.7 Å². The maximum absolute atomic E-state index is 4.70. The Kier molecular flexibility index (Phi) is 11.1. The van der Waals surface area contributed by atoms with Gasteiger partial charge in [-0.15, -0.1) is 0 Å². The molecule has 0 heterocycles. The smallest absolute Gasteiger partial charge is 0.0730 e. The number of aliphatic imine (C=N–C) groups is 2. The molecule has 0 saturated carbocycles. The normalized spacial score (nSPS) is 15.5. The summed E-state index contributed by atoms with van der Waals surface area (Å²) in [4.78, 5) is 8.86. The van der Waals surface area contributed by atoms with Crippen molar-refractivity contribution in [3.8, 4) is 0 Å². The summed E-state index contributed by atoms with van der Waals surface area (Å²) in [6.45, 7) is 10.5. The van der Waals surface area contributed by atoms with Crippen LogP contribution in [0.1, 0.15) is 53.9 Å². The molecule has 0 aliphatic heterocycles. The number of nitrogens with zero attached hydrogens (tertiary/aromatic N) is 2. The quantitative estimate of drug-likeness (QED) is 0.404. The van der Waals surface area contributed by atoms with E-state index >= 15 is 0 Å². The molecule has 0 fully saturated rings. The summed E-state index contributed by atoms with van der Waals surface area (Å²) < 4.78 is 0. The first-order valence-corrected chi connectivity index (χ1v) is 7.81. The lowest BCUT2D eigenvalue weighted by atomic mass is 9.99. The van der Waals surface area contributed by atoms with Gasteiger partial charge in [-0.3, -0.25) is 9.98 Å². The second kappa shape index (κ2) is 12.1. The summed E-state index contributed by atoms with van der Waals surface area (Å²) in [5.41, 5.74) is 4.48. The summed E-state index contributed by atoms with van der Waals surface area (Å²) in [6.07, 6.45) is 15.5. The number of rotatable bonds is 8. The fraction of sp³-hybridized carbons (Fsp3) is 0.474. The summed E-state index contributed by atoms with van der Waals surface area (Å²) in [7, 11) is 1.80. The highest BCUT2D eigenvalue weighted by Crippen LogP contribution is 2.23. The van der Waals surface area contributed by atoms with E-state index in [2.05, 4.69) is 50.1 Å². The van der Waals surface area contributed by atoms with Gasteiger partial charge in [0.15, 0.2) is 0 Å². The van der Waals surface area contributed by atoms with Crippen molar-refractivity contribution in [2.45, 2.75) is 53.9 Å². The lowest BCUT2D eigenvalue weighted by Crippen LogP contribution is -1.97. The largest absolute Gasteiger partial charge is 0.296 e. The van der Waals surface area contributed by atoms with Crippen molar-refractivity contribution in [2.24, 2.45) is 9.98 Å². The SMILES string of the molecule is C\C=C/C(=C(N=CCC)\C(C)=C\CCC)C(/C=NC)=C\C. The van der Waals surface area contributed by atoms with Crippen molar-refractivity contribution in [1.29, 1.82) is 0 Å². The molecule has 0 radical (unpaired) electrons. The van der Waals surface area contributed by atoms with Gasteiger partial charge in [0.2, 0.25) is 0 Å². The van der Waals surface area contributed by atoms with Gasteiger partial charge in [-0.1, -0.05) is 44.6 Å². The van der Waals surface area contributed by atoms with Crippen LogP contribution in [0.2, 0.25) is 0 Å². The molecule has 116 valence electrons. The van der Waals surface area contributed by atoms with Crippen molar-refractivity contribution >= 4 is 12.4 Å². The van der Waals surface area contributed by atoms with Gasteiger partial charge in [0, 0.05) is 25.0 Å². The second-order valence-electron chi connectivity index (χ2n) is 4.79. The van der Waals surface area contributed by atoms with Gasteiger partial charge in [-0.25, -0.2) is 0 Å². The van der Waals surface area contributed by atoms with Crippen LogP contribution in [-0.2, 0) is 0 Å². The third-order valence-corrected chi connectivity index (χ3v) is 2.99. The molecule has 0 atom stereocenters. The molecule has 0 N–H and O–H groups in total. The van der Waals surface area contributed by atoms with E-state index < -0.39 is 0 Å². The standard InChI is InChI=1S/C19H30N2/c1-7-11-13-16(5)19(21-14-9-3)18(12-8-2)17(10-4)15-20-6/h8,10,12-15H,7,9,11H2,1-6H3/b12-8-,16-13+,17-10-,19-18-,20-15?,21-14?. The van der Waals surface area contributed by atoms with Crippen LogP contribution in [0, 0.1) is 0 Å². The average Bonchev–Trinajstić information content (AvgIpc) is 2.49. The highest BCUT2D eigenvalue weighted by molar-refractivity contribution is 5.87. The van der Waals surface area contributed by atoms with Crippen molar-refractivity contribution < 1.29 is 0 Å². The molecule has 0 aromatic rings. The fourth-order valence-corrected chi connectivity index (χ4v) is 1.94. The van der Waals surface area contributed by atoms with E-state index in [9.17, 15) is 0 Å². The molecule has 2 heteroatoms. The molecule has 0 amide bonds. The molecule has 0 saturated heterocycles. The average molecular weight is 286 g/mol. The van der Waals surface area contributed by atoms with Crippen LogP contribution in [0.25, 0.3) is 0 Å². The first kappa shape index (κ1) is 19.3. The minimum Gasteiger partial charge on any atom is -0.296 e. The predicted molar refractivity (Wildman–Crippen MR) is 97.5 cm³/mol. The van der Waals surface area contributed by atoms with E-state index in [1.54, 1.807) is 7.05 Å². The lowest BCUT2D eigenvalue weighted by Gasteiger charge is -2.11. The van der Waals surface area contributed by atoms with Gasteiger partial charge >= 0.3 is 0 Å². The molecule has 21 heavy (non-hydrogen) atoms. The highest BCUT2D eigenvalue weighted by Gasteiger charge is 2.08. The third kappa shape index (κ3) is 7.03. The third-order valence-electron chi connectivity index (χ3n) is 2.99. The minimum absolute atomic E-state index is 0.931. The van der Waals surface area contributed by atoms with Crippen LogP contribution in [0.15, 0.2) is 56.7 Å². The Morgan fingerprint density at radius 2 is 1.86 bits per heavy atom. The molecule has 0 aromatic heterocycles. The Morgan fingerprint density at radius 1 is 1.14 bits per heavy atom. The summed E-state index contributed by atoms with van der Waals surface area (Å²) in [6, 6.07) is 0. The second-order valence-corrected chi connectivity index (χ2v) is 4.79. The molecular weight excluding hydrogens is 256 g/mol. The van der Waals surface area contributed by atoms with Crippen molar-refractivity contribution in [1.82, 2.24) is 0 Å². The number of hydrogen-bond acceptors (Lipinski definition) is 2. The van der Waals surface area contributed by atoms with E-state index in [1.807, 2.05) is 26.3 Å². The first-order chi connectivity index (χ1) is 10.2. The van der Waals surface area contributed by atoms with Gasteiger partial charge < -0.3 is 0 Å². The number of hydrogen-bond donors (Lipinski definition) is 0. The molecule has 0 rings (SSSR count). The maximum Gasteiger partial charge on any atom is 0.0730 e. The fourth-order valence-electron chi connectivity index (χ4n) is 1.94. The van der Waals surface area contributed by atoms with Crippen molar-refractivity contribution in [3.05, 3.63) is 46.7 Å². The van der Waals surface area contributed by atoms with E-state index in [-0.39, 0.29) is 0 Å². The summed E-state index contributed by atoms with van der Waals surface area (Å²) >= 11 is 0. The summed E-state index contributed by atoms with van der Waals surface area (Å²) in [5.74, 6) is 0. The van der Waals surface area contributed by atoms with Gasteiger partial charge in [0.1, 0.15) is 0 Å². The van der Waals surface area contributed by atoms with Crippen LogP contribution in [0.5, 0.6) is 0 Å². The van der Waals surface area contributed by atoms with Gasteiger partial charge in [-0.2, -0.15) is 0 Å². The number of allylic oxidation sites excluding steroid dienone is 7. The first-order valence-electron chi connectivity index (χ1n) is 7.81. The van der Waals surface area contributed by atoms with Gasteiger partial charge in [0.25, 0.3) is 0 Å². The van der Waals surface area contributed by atoms with Crippen molar-refractivity contribution in [2.75, 3.05) is 7.05 Å². The molecule has 0 aromatic carbocycles. The van der Waals surface area contributed by atoms with Crippen LogP contribution < -0.4 is 0 Å². The highest BCUT2D eigenvalue weighted by atomic mass is 14.7. The van der Waals surface area contributed by atoms with Gasteiger partial charge in [0.05, 0.1) is 5.70 Å². The van der Waals surface area contributed by atoms with Crippen LogP contribution in [0.3, 0.4) is 0 Å². The Morgan fingerprint density at radius 3 is 2.33 bits per heavy atom. The Hall–Kier alpha value is -1.70. The Balaban J connectivity index is 6.10. The Labute approximate surface area is 130 Å². The zero-order valence-corrected chi connectivity index (χ0v) is 14.5. The van der Waals surface area contributed by atoms with Gasteiger partial charge in [-0.05, 0) is 44.8 Å². The van der Waals surface area contributed by atoms with Crippen LogP contribution >= 0.6 is 0 Å². The van der Waals surface area contributed by atoms with E-state index in [0.717, 1.165) is 36.1 Å². The molecule has 0 spiro atoms. The monoisotopic (exact) mass is 286 g/mol. The van der Waals surface area contributed by atoms with Crippen LogP contribution in [-0.4, -0.2) is 19.5 Å². The number of unbranched alkanes of at least 4 members (excludes halogenated alkanes) is 1. The van der Waals surface area contributed by atoms with Crippen molar-refractivity contribution in [3.63, 3.8) is 0 Å². The predicted octanol–water partition coefficient (Wildman–Crippen LogP) is 5.69. The zero-order valence-electron chi connectivity index (χ0n) is 14.5. The maximum atomic E-state index is 4.70. The Bertz CT molecular complexity index is 472. The van der Waals surface area contributed by atoms with Crippen LogP contribution in [0.4, 0.5) is 0 Å². The molecule has 0 unspecified atom stereocenters. The van der Waals surface area contributed by atoms with E-state index in [1.165, 1.54) is 5.57 Å². The van der Waals surface area contributed by atoms with E-state index in [4.69, 9.17) is 4.99 Å². The van der Waals surface area contributed by atoms with E-state index in [0.29, 0.717) is 0 Å². The lowest BCUT2D eigenvalue weighted by molar-refractivity contribution is 0.948. The minimum atomic E-state index is 0.931. The molecule has 0 bridgehead atoms. The zero-order chi connectivity index (χ0) is 16.1. The molecule has 2 nitrogen and oxygen atoms in total. The molecule has 0 aliphatic carbocycles. The summed E-state index contributed by atoms with van der Waals surface area (Å²) in [5, 5.41) is 0.